The zero-order chi connectivity index (χ0) is 22.1. The highest BCUT2D eigenvalue weighted by Crippen LogP contribution is 2.29. The first-order valence-corrected chi connectivity index (χ1v) is 8.67. The average Bonchev–Trinajstić information content (AvgIpc) is 2.71. The fourth-order valence-electron chi connectivity index (χ4n) is 2.38. The van der Waals surface area contributed by atoms with Crippen molar-refractivity contribution in [1.29, 1.82) is 0 Å². The minimum absolute atomic E-state index is 0.0642. The molecule has 0 heterocycles. The molecule has 0 spiro atoms. The molecule has 0 aliphatic heterocycles. The van der Waals surface area contributed by atoms with Crippen LogP contribution in [-0.4, -0.2) is 38.0 Å². The van der Waals surface area contributed by atoms with Crippen molar-refractivity contribution in [2.45, 2.75) is 13.5 Å². The number of nitrogens with one attached hydrogen (secondary N) is 1. The first-order valence-electron chi connectivity index (χ1n) is 8.67. The minimum Gasteiger partial charge on any atom is -0.493 e. The lowest BCUT2D eigenvalue weighted by Gasteiger charge is -2.12. The Hall–Kier alpha value is -3.75. The van der Waals surface area contributed by atoms with Crippen LogP contribution in [0.15, 0.2) is 54.2 Å². The Labute approximate surface area is 171 Å². The fourth-order valence-corrected chi connectivity index (χ4v) is 2.38. The van der Waals surface area contributed by atoms with Gasteiger partial charge in [0.15, 0.2) is 23.9 Å². The van der Waals surface area contributed by atoms with Gasteiger partial charge in [-0.2, -0.15) is 8.78 Å². The smallest absolute Gasteiger partial charge is 0.387 e. The number of carbonyl (C=O) groups is 3. The van der Waals surface area contributed by atoms with Crippen LogP contribution in [0.3, 0.4) is 0 Å². The van der Waals surface area contributed by atoms with Gasteiger partial charge >= 0.3 is 12.6 Å². The third-order valence-corrected chi connectivity index (χ3v) is 3.68. The third-order valence-electron chi connectivity index (χ3n) is 3.68. The number of methoxy groups -OCH3 is 1. The number of ketones is 1. The van der Waals surface area contributed by atoms with E-state index in [0.717, 1.165) is 6.07 Å². The van der Waals surface area contributed by atoms with E-state index in [1.807, 2.05) is 0 Å². The van der Waals surface area contributed by atoms with Crippen LogP contribution in [0.2, 0.25) is 0 Å². The fraction of sp³-hybridized carbons (Fsp3) is 0.190. The molecule has 0 aliphatic carbocycles. The summed E-state index contributed by atoms with van der Waals surface area (Å²) >= 11 is 0. The standard InChI is InChI=1S/C21H19F2NO6/c1-13(25)24-16(10-14-6-4-3-5-7-14)20(27)29-12-17(26)15-8-9-18(30-21(22)23)19(11-15)28-2/h3-11,21H,12H2,1-2H3,(H,24,25)/b16-10-. The first kappa shape index (κ1) is 22.5. The second kappa shape index (κ2) is 10.7. The van der Waals surface area contributed by atoms with E-state index in [0.29, 0.717) is 5.56 Å². The maximum absolute atomic E-state index is 12.4. The lowest BCUT2D eigenvalue weighted by molar-refractivity contribution is -0.139. The summed E-state index contributed by atoms with van der Waals surface area (Å²) in [7, 11) is 1.23. The van der Waals surface area contributed by atoms with Crippen molar-refractivity contribution in [3.8, 4) is 11.5 Å². The average molecular weight is 419 g/mol. The van der Waals surface area contributed by atoms with Crippen LogP contribution >= 0.6 is 0 Å². The summed E-state index contributed by atoms with van der Waals surface area (Å²) in [5.41, 5.74) is 0.568. The SMILES string of the molecule is COc1cc(C(=O)COC(=O)/C(=C/c2ccccc2)NC(C)=O)ccc1OC(F)F. The summed E-state index contributed by atoms with van der Waals surface area (Å²) in [5, 5.41) is 2.36. The van der Waals surface area contributed by atoms with Crippen molar-refractivity contribution < 1.29 is 37.4 Å². The summed E-state index contributed by atoms with van der Waals surface area (Å²) in [6.07, 6.45) is 1.41. The van der Waals surface area contributed by atoms with Gasteiger partial charge < -0.3 is 19.5 Å². The quantitative estimate of drug-likeness (QED) is 0.381. The van der Waals surface area contributed by atoms with Gasteiger partial charge in [-0.15, -0.1) is 0 Å². The van der Waals surface area contributed by atoms with E-state index >= 15 is 0 Å². The molecule has 158 valence electrons. The Kier molecular flexibility index (Phi) is 8.04. The Morgan fingerprint density at radius 1 is 1.07 bits per heavy atom. The molecular weight excluding hydrogens is 400 g/mol. The molecule has 7 nitrogen and oxygen atoms in total. The van der Waals surface area contributed by atoms with Gasteiger partial charge in [-0.25, -0.2) is 4.79 Å². The molecule has 9 heteroatoms. The molecule has 0 fully saturated rings. The molecule has 2 aromatic carbocycles. The monoisotopic (exact) mass is 419 g/mol. The molecule has 30 heavy (non-hydrogen) atoms. The number of hydrogen-bond acceptors (Lipinski definition) is 6. The van der Waals surface area contributed by atoms with Crippen LogP contribution in [0.5, 0.6) is 11.5 Å². The number of hydrogen-bond donors (Lipinski definition) is 1. The molecule has 0 radical (unpaired) electrons. The molecule has 0 aliphatic rings. The van der Waals surface area contributed by atoms with Crippen molar-refractivity contribution in [2.75, 3.05) is 13.7 Å². The second-order valence-electron chi connectivity index (χ2n) is 5.89. The summed E-state index contributed by atoms with van der Waals surface area (Å²) in [5.74, 6) is -2.31. The van der Waals surface area contributed by atoms with Gasteiger partial charge in [0.1, 0.15) is 5.70 Å². The molecule has 2 aromatic rings. The number of alkyl halides is 2. The maximum atomic E-state index is 12.4. The van der Waals surface area contributed by atoms with E-state index in [9.17, 15) is 23.2 Å². The molecular formula is C21H19F2NO6. The van der Waals surface area contributed by atoms with E-state index in [4.69, 9.17) is 9.47 Å². The summed E-state index contributed by atoms with van der Waals surface area (Å²) in [4.78, 5) is 36.0. The number of ether oxygens (including phenoxy) is 3. The highest BCUT2D eigenvalue weighted by molar-refractivity contribution is 6.01. The van der Waals surface area contributed by atoms with Crippen molar-refractivity contribution in [2.24, 2.45) is 0 Å². The lowest BCUT2D eigenvalue weighted by atomic mass is 10.1. The minimum atomic E-state index is -3.05. The van der Waals surface area contributed by atoms with Gasteiger partial charge in [0.25, 0.3) is 0 Å². The number of esters is 1. The number of benzene rings is 2. The predicted molar refractivity (Wildman–Crippen MR) is 103 cm³/mol. The van der Waals surface area contributed by atoms with Crippen LogP contribution in [0.25, 0.3) is 6.08 Å². The van der Waals surface area contributed by atoms with Crippen molar-refractivity contribution in [3.05, 3.63) is 65.4 Å². The van der Waals surface area contributed by atoms with Crippen molar-refractivity contribution in [3.63, 3.8) is 0 Å². The normalized spacial score (nSPS) is 11.0. The molecule has 1 N–H and O–H groups in total. The van der Waals surface area contributed by atoms with Gasteiger partial charge in [0, 0.05) is 12.5 Å². The highest BCUT2D eigenvalue weighted by Gasteiger charge is 2.18. The second-order valence-corrected chi connectivity index (χ2v) is 5.89. The zero-order valence-corrected chi connectivity index (χ0v) is 16.2. The van der Waals surface area contributed by atoms with E-state index in [1.54, 1.807) is 30.3 Å². The molecule has 0 unspecified atom stereocenters. The van der Waals surface area contributed by atoms with E-state index in [2.05, 4.69) is 10.1 Å². The molecule has 0 bridgehead atoms. The van der Waals surface area contributed by atoms with E-state index in [1.165, 1.54) is 32.2 Å². The largest absolute Gasteiger partial charge is 0.493 e. The van der Waals surface area contributed by atoms with Gasteiger partial charge in [-0.05, 0) is 29.8 Å². The number of amides is 1. The number of halogens is 2. The zero-order valence-electron chi connectivity index (χ0n) is 16.2. The Balaban J connectivity index is 2.10. The highest BCUT2D eigenvalue weighted by atomic mass is 19.3. The molecule has 0 atom stereocenters. The number of rotatable bonds is 9. The van der Waals surface area contributed by atoms with Gasteiger partial charge in [-0.1, -0.05) is 30.3 Å². The molecule has 2 rings (SSSR count). The predicted octanol–water partition coefficient (Wildman–Crippen LogP) is 3.20. The number of Topliss-reactive ketones (excluding diaryl/α,β-unsaturated/α-hetero) is 1. The maximum Gasteiger partial charge on any atom is 0.387 e. The Morgan fingerprint density at radius 3 is 2.37 bits per heavy atom. The molecule has 1 amide bonds. The number of carbonyl (C=O) groups excluding carboxylic acids is 3. The van der Waals surface area contributed by atoms with Crippen molar-refractivity contribution in [1.82, 2.24) is 5.32 Å². The summed E-state index contributed by atoms with van der Waals surface area (Å²) in [6.45, 7) is -2.46. The molecule has 0 saturated carbocycles. The lowest BCUT2D eigenvalue weighted by Crippen LogP contribution is -2.27. The van der Waals surface area contributed by atoms with Crippen LogP contribution in [-0.2, 0) is 14.3 Å². The van der Waals surface area contributed by atoms with Crippen LogP contribution in [0.4, 0.5) is 8.78 Å². The van der Waals surface area contributed by atoms with E-state index < -0.39 is 30.9 Å². The van der Waals surface area contributed by atoms with Gasteiger partial charge in [-0.3, -0.25) is 9.59 Å². The summed E-state index contributed by atoms with van der Waals surface area (Å²) < 4.78 is 39.0. The van der Waals surface area contributed by atoms with Crippen LogP contribution < -0.4 is 14.8 Å². The first-order chi connectivity index (χ1) is 14.3. The third kappa shape index (κ3) is 6.69. The van der Waals surface area contributed by atoms with Crippen LogP contribution in [0, 0.1) is 0 Å². The van der Waals surface area contributed by atoms with Crippen molar-refractivity contribution >= 4 is 23.7 Å². The van der Waals surface area contributed by atoms with Gasteiger partial charge in [0.2, 0.25) is 5.91 Å². The Bertz CT molecular complexity index is 944. The van der Waals surface area contributed by atoms with Crippen LogP contribution in [0.1, 0.15) is 22.8 Å². The van der Waals surface area contributed by atoms with Gasteiger partial charge in [0.05, 0.1) is 7.11 Å². The summed E-state index contributed by atoms with van der Waals surface area (Å²) in [6, 6.07) is 12.3. The molecule has 0 saturated heterocycles. The topological polar surface area (TPSA) is 90.9 Å². The van der Waals surface area contributed by atoms with E-state index in [-0.39, 0.29) is 22.8 Å². The molecule has 0 aromatic heterocycles. The Morgan fingerprint density at radius 2 is 1.77 bits per heavy atom.